The van der Waals surface area contributed by atoms with Crippen molar-refractivity contribution >= 4 is 22.9 Å². The highest BCUT2D eigenvalue weighted by Gasteiger charge is 2.26. The highest BCUT2D eigenvalue weighted by Crippen LogP contribution is 2.24. The molecule has 1 aliphatic heterocycles. The van der Waals surface area contributed by atoms with Gasteiger partial charge in [0.05, 0.1) is 0 Å². The van der Waals surface area contributed by atoms with E-state index in [1.54, 1.807) is 12.4 Å². The van der Waals surface area contributed by atoms with Gasteiger partial charge in [0.1, 0.15) is 11.3 Å². The van der Waals surface area contributed by atoms with Crippen molar-refractivity contribution in [2.75, 3.05) is 19.6 Å². The van der Waals surface area contributed by atoms with E-state index in [9.17, 15) is 9.59 Å². The Labute approximate surface area is 172 Å². The van der Waals surface area contributed by atoms with E-state index >= 15 is 0 Å². The van der Waals surface area contributed by atoms with Crippen LogP contribution in [-0.2, 0) is 4.74 Å². The van der Waals surface area contributed by atoms with Crippen LogP contribution in [0.15, 0.2) is 24.5 Å². The van der Waals surface area contributed by atoms with Gasteiger partial charge >= 0.3 is 6.09 Å². The predicted molar refractivity (Wildman–Crippen MR) is 113 cm³/mol. The summed E-state index contributed by atoms with van der Waals surface area (Å²) in [5.74, 6) is 0.567. The van der Waals surface area contributed by atoms with Crippen molar-refractivity contribution in [3.05, 3.63) is 30.2 Å². The fourth-order valence-electron chi connectivity index (χ4n) is 3.68. The molecule has 0 radical (unpaired) electrons. The Kier molecular flexibility index (Phi) is 6.77. The summed E-state index contributed by atoms with van der Waals surface area (Å²) in [5.41, 5.74) is 1.05. The summed E-state index contributed by atoms with van der Waals surface area (Å²) >= 11 is 0. The van der Waals surface area contributed by atoms with Gasteiger partial charge in [0, 0.05) is 42.9 Å². The normalized spacial score (nSPS) is 15.5. The minimum absolute atomic E-state index is 0.0770. The lowest BCUT2D eigenvalue weighted by molar-refractivity contribution is 0.0180. The summed E-state index contributed by atoms with van der Waals surface area (Å²) in [4.78, 5) is 33.4. The Morgan fingerprint density at radius 2 is 2.03 bits per heavy atom. The van der Waals surface area contributed by atoms with E-state index in [1.165, 1.54) is 0 Å². The van der Waals surface area contributed by atoms with E-state index in [0.29, 0.717) is 18.2 Å². The number of H-pyrrole nitrogens is 1. The third-order valence-electron chi connectivity index (χ3n) is 5.26. The van der Waals surface area contributed by atoms with Crippen LogP contribution in [0, 0.1) is 5.92 Å². The minimum Gasteiger partial charge on any atom is -0.444 e. The molecule has 29 heavy (non-hydrogen) atoms. The molecule has 0 bridgehead atoms. The fraction of sp³-hybridized carbons (Fsp3) is 0.591. The summed E-state index contributed by atoms with van der Waals surface area (Å²) in [6.07, 6.45) is 8.47. The number of likely N-dealkylation sites (tertiary alicyclic amines) is 1. The second kappa shape index (κ2) is 9.29. The third kappa shape index (κ3) is 6.21. The van der Waals surface area contributed by atoms with Crippen molar-refractivity contribution in [1.29, 1.82) is 0 Å². The van der Waals surface area contributed by atoms with E-state index < -0.39 is 5.60 Å². The molecule has 2 N–H and O–H groups in total. The van der Waals surface area contributed by atoms with Gasteiger partial charge in [-0.15, -0.1) is 0 Å². The van der Waals surface area contributed by atoms with Gasteiger partial charge in [0.15, 0.2) is 0 Å². The highest BCUT2D eigenvalue weighted by molar-refractivity contribution is 5.97. The van der Waals surface area contributed by atoms with Gasteiger partial charge in [0.25, 0.3) is 5.91 Å². The van der Waals surface area contributed by atoms with Crippen LogP contribution in [0.25, 0.3) is 10.9 Å². The predicted octanol–water partition coefficient (Wildman–Crippen LogP) is 4.11. The van der Waals surface area contributed by atoms with Crippen LogP contribution in [0.4, 0.5) is 4.79 Å². The number of aromatic nitrogens is 2. The Morgan fingerprint density at radius 3 is 2.72 bits per heavy atom. The molecule has 0 atom stereocenters. The molecule has 0 saturated carbocycles. The van der Waals surface area contributed by atoms with E-state index in [1.807, 2.05) is 37.8 Å². The van der Waals surface area contributed by atoms with Crippen LogP contribution in [0.1, 0.15) is 63.4 Å². The number of fused-ring (bicyclic) bond motifs is 1. The zero-order valence-corrected chi connectivity index (χ0v) is 17.7. The SMILES string of the molecule is CC(C)(C)OC(=O)N1CCC(CCCCNC(=O)c2cc3cnccc3[nH]2)CC1. The Hall–Kier alpha value is -2.57. The van der Waals surface area contributed by atoms with E-state index in [2.05, 4.69) is 15.3 Å². The van der Waals surface area contributed by atoms with Crippen LogP contribution in [0.2, 0.25) is 0 Å². The smallest absolute Gasteiger partial charge is 0.410 e. The molecule has 7 nitrogen and oxygen atoms in total. The van der Waals surface area contributed by atoms with E-state index in [-0.39, 0.29) is 12.0 Å². The number of aromatic amines is 1. The first-order valence-corrected chi connectivity index (χ1v) is 10.5. The van der Waals surface area contributed by atoms with Crippen molar-refractivity contribution in [1.82, 2.24) is 20.2 Å². The molecular weight excluding hydrogens is 368 g/mol. The lowest BCUT2D eigenvalue weighted by atomic mass is 9.92. The molecule has 158 valence electrons. The zero-order chi connectivity index (χ0) is 20.9. The summed E-state index contributed by atoms with van der Waals surface area (Å²) in [6.45, 7) is 7.89. The molecule has 1 saturated heterocycles. The zero-order valence-electron chi connectivity index (χ0n) is 17.7. The number of carbonyl (C=O) groups excluding carboxylic acids is 2. The average molecular weight is 401 g/mol. The lowest BCUT2D eigenvalue weighted by Gasteiger charge is -2.33. The van der Waals surface area contributed by atoms with Gasteiger partial charge in [-0.2, -0.15) is 0 Å². The summed E-state index contributed by atoms with van der Waals surface area (Å²) < 4.78 is 5.44. The maximum Gasteiger partial charge on any atom is 0.410 e. The molecule has 1 aliphatic rings. The summed E-state index contributed by atoms with van der Waals surface area (Å²) in [5, 5.41) is 3.92. The minimum atomic E-state index is -0.442. The molecule has 2 aromatic heterocycles. The molecule has 2 amide bonds. The number of piperidine rings is 1. The molecule has 1 fully saturated rings. The molecule has 3 heterocycles. The number of hydrogen-bond donors (Lipinski definition) is 2. The molecule has 0 unspecified atom stereocenters. The van der Waals surface area contributed by atoms with Crippen LogP contribution >= 0.6 is 0 Å². The second-order valence-electron chi connectivity index (χ2n) is 8.81. The number of ether oxygens (including phenoxy) is 1. The first kappa shape index (κ1) is 21.1. The first-order chi connectivity index (χ1) is 13.8. The molecule has 0 aromatic carbocycles. The summed E-state index contributed by atoms with van der Waals surface area (Å²) in [7, 11) is 0. The maximum absolute atomic E-state index is 12.3. The molecule has 0 spiro atoms. The average Bonchev–Trinajstić information content (AvgIpc) is 3.11. The quantitative estimate of drug-likeness (QED) is 0.715. The second-order valence-corrected chi connectivity index (χ2v) is 8.81. The largest absolute Gasteiger partial charge is 0.444 e. The highest BCUT2D eigenvalue weighted by atomic mass is 16.6. The van der Waals surface area contributed by atoms with Crippen molar-refractivity contribution in [3.8, 4) is 0 Å². The van der Waals surface area contributed by atoms with Crippen molar-refractivity contribution in [2.24, 2.45) is 5.92 Å². The van der Waals surface area contributed by atoms with E-state index in [0.717, 1.165) is 56.1 Å². The fourth-order valence-corrected chi connectivity index (χ4v) is 3.68. The van der Waals surface area contributed by atoms with Crippen molar-refractivity contribution in [2.45, 2.75) is 58.5 Å². The standard InChI is InChI=1S/C22H32N4O3/c1-22(2,3)29-21(28)26-12-8-16(9-13-26)6-4-5-10-24-20(27)19-14-17-15-23-11-7-18(17)25-19/h7,11,14-16,25H,4-6,8-10,12-13H2,1-3H3,(H,24,27). The molecule has 2 aromatic rings. The number of unbranched alkanes of at least 4 members (excludes halogenated alkanes) is 1. The van der Waals surface area contributed by atoms with Crippen LogP contribution in [-0.4, -0.2) is 52.1 Å². The maximum atomic E-state index is 12.3. The number of pyridine rings is 1. The summed E-state index contributed by atoms with van der Waals surface area (Å²) in [6, 6.07) is 3.69. The van der Waals surface area contributed by atoms with Crippen molar-refractivity contribution in [3.63, 3.8) is 0 Å². The van der Waals surface area contributed by atoms with Gasteiger partial charge in [-0.25, -0.2) is 4.79 Å². The number of rotatable bonds is 6. The topological polar surface area (TPSA) is 87.3 Å². The molecule has 3 rings (SSSR count). The van der Waals surface area contributed by atoms with Gasteiger partial charge in [-0.3, -0.25) is 9.78 Å². The van der Waals surface area contributed by atoms with Gasteiger partial charge in [0.2, 0.25) is 0 Å². The molecule has 7 heteroatoms. The third-order valence-corrected chi connectivity index (χ3v) is 5.26. The van der Waals surface area contributed by atoms with Gasteiger partial charge in [-0.1, -0.05) is 12.8 Å². The Balaban J connectivity index is 1.30. The van der Waals surface area contributed by atoms with E-state index in [4.69, 9.17) is 4.74 Å². The first-order valence-electron chi connectivity index (χ1n) is 10.5. The number of carbonyl (C=O) groups is 2. The Bertz CT molecular complexity index is 799. The number of nitrogens with zero attached hydrogens (tertiary/aromatic N) is 2. The number of nitrogens with one attached hydrogen (secondary N) is 2. The molecular formula is C22H32N4O3. The molecule has 0 aliphatic carbocycles. The lowest BCUT2D eigenvalue weighted by Crippen LogP contribution is -2.41. The number of amides is 2. The number of hydrogen-bond acceptors (Lipinski definition) is 4. The van der Waals surface area contributed by atoms with Gasteiger partial charge < -0.3 is 19.9 Å². The van der Waals surface area contributed by atoms with Crippen molar-refractivity contribution < 1.29 is 14.3 Å². The van der Waals surface area contributed by atoms with Crippen LogP contribution in [0.3, 0.4) is 0 Å². The van der Waals surface area contributed by atoms with Gasteiger partial charge in [-0.05, 0) is 58.1 Å². The monoisotopic (exact) mass is 400 g/mol. The van der Waals surface area contributed by atoms with Crippen LogP contribution < -0.4 is 5.32 Å². The van der Waals surface area contributed by atoms with Crippen LogP contribution in [0.5, 0.6) is 0 Å². The Morgan fingerprint density at radius 1 is 1.28 bits per heavy atom.